The molecule has 0 aromatic carbocycles. The van der Waals surface area contributed by atoms with Gasteiger partial charge in [0.15, 0.2) is 12.2 Å². The van der Waals surface area contributed by atoms with Crippen LogP contribution < -0.4 is 0 Å². The molecule has 164 valence electrons. The number of aliphatic hydroxyl groups excluding tert-OH is 1. The molecule has 0 aromatic heterocycles. The van der Waals surface area contributed by atoms with E-state index in [9.17, 15) is 24.3 Å². The van der Waals surface area contributed by atoms with Gasteiger partial charge in [0, 0.05) is 18.1 Å². The summed E-state index contributed by atoms with van der Waals surface area (Å²) >= 11 is 0. The number of fused-ring (bicyclic) bond motifs is 1. The summed E-state index contributed by atoms with van der Waals surface area (Å²) in [5, 5.41) is 9.66. The van der Waals surface area contributed by atoms with Gasteiger partial charge in [0.2, 0.25) is 0 Å². The van der Waals surface area contributed by atoms with Crippen LogP contribution in [-0.2, 0) is 33.4 Å². The number of allylic oxidation sites excluding steroid dienone is 1. The Hall–Kier alpha value is -2.74. The molecule has 0 bridgehead atoms. The van der Waals surface area contributed by atoms with Gasteiger partial charge >= 0.3 is 17.9 Å². The van der Waals surface area contributed by atoms with E-state index < -0.39 is 48.1 Å². The van der Waals surface area contributed by atoms with E-state index in [-0.39, 0.29) is 17.8 Å². The molecule has 1 fully saturated rings. The first-order valence-electron chi connectivity index (χ1n) is 9.96. The van der Waals surface area contributed by atoms with Crippen molar-refractivity contribution >= 4 is 24.2 Å². The molecule has 1 heterocycles. The van der Waals surface area contributed by atoms with Crippen molar-refractivity contribution in [1.82, 2.24) is 0 Å². The lowest BCUT2D eigenvalue weighted by Crippen LogP contribution is -2.45. The predicted octanol–water partition coefficient (Wildman–Crippen LogP) is 1.81. The number of ether oxygens (including phenoxy) is 3. The minimum Gasteiger partial charge on any atom is -0.457 e. The van der Waals surface area contributed by atoms with E-state index in [1.54, 1.807) is 19.1 Å². The Morgan fingerprint density at radius 1 is 1.40 bits per heavy atom. The van der Waals surface area contributed by atoms with E-state index in [0.717, 1.165) is 0 Å². The second-order valence-corrected chi connectivity index (χ2v) is 7.51. The molecule has 0 radical (unpaired) electrons. The number of aliphatic hydroxyl groups is 1. The Kier molecular flexibility index (Phi) is 8.11. The van der Waals surface area contributed by atoms with Gasteiger partial charge in [0.1, 0.15) is 12.4 Å². The van der Waals surface area contributed by atoms with Crippen molar-refractivity contribution in [3.05, 3.63) is 35.5 Å². The number of carbonyl (C=O) groups excluding carboxylic acids is 4. The zero-order valence-electron chi connectivity index (χ0n) is 17.5. The van der Waals surface area contributed by atoms with Gasteiger partial charge in [-0.25, -0.2) is 4.79 Å². The summed E-state index contributed by atoms with van der Waals surface area (Å²) < 4.78 is 16.5. The smallest absolute Gasteiger partial charge is 0.334 e. The van der Waals surface area contributed by atoms with Crippen molar-refractivity contribution < 1.29 is 38.5 Å². The number of carbonyl (C=O) groups is 4. The van der Waals surface area contributed by atoms with Gasteiger partial charge in [0.05, 0.1) is 18.4 Å². The molecule has 8 heteroatoms. The van der Waals surface area contributed by atoms with Crippen molar-refractivity contribution in [1.29, 1.82) is 0 Å². The van der Waals surface area contributed by atoms with Crippen molar-refractivity contribution in [2.45, 2.75) is 58.3 Å². The molecule has 2 aliphatic rings. The summed E-state index contributed by atoms with van der Waals surface area (Å²) in [5.41, 5.74) is 0.752. The maximum absolute atomic E-state index is 12.6. The standard InChI is InChI=1S/C22H28O8/c1-5-12(2)21(26)30-20-18-13(3)22(27)29-17(18)9-15(10-23)7-6-8-16(11-24)19(20)28-14(4)25/h8-9,11-12,17-20,23H,3,5-7,10H2,1-2,4H3/b15-9+,16-8-/t12-,17-,18+,19+,20+/m1/s1. The number of esters is 3. The van der Waals surface area contributed by atoms with Gasteiger partial charge < -0.3 is 19.3 Å². The molecule has 1 aliphatic heterocycles. The van der Waals surface area contributed by atoms with Gasteiger partial charge in [-0.1, -0.05) is 26.5 Å². The highest BCUT2D eigenvalue weighted by molar-refractivity contribution is 5.91. The Labute approximate surface area is 175 Å². The average molecular weight is 420 g/mol. The maximum Gasteiger partial charge on any atom is 0.334 e. The third-order valence-electron chi connectivity index (χ3n) is 5.39. The first-order valence-corrected chi connectivity index (χ1v) is 9.96. The number of rotatable bonds is 6. The Morgan fingerprint density at radius 2 is 2.10 bits per heavy atom. The SMILES string of the molecule is C=C1C(=O)O[C@@H]2/C=C(/CO)CC/C=C(/C=O)[C@H](OC(C)=O)[C@@H](OC(=O)[C@H](C)CC)[C@@H]12. The molecule has 0 unspecified atom stereocenters. The van der Waals surface area contributed by atoms with E-state index in [2.05, 4.69) is 6.58 Å². The first-order chi connectivity index (χ1) is 14.2. The Morgan fingerprint density at radius 3 is 2.67 bits per heavy atom. The summed E-state index contributed by atoms with van der Waals surface area (Å²) in [7, 11) is 0. The maximum atomic E-state index is 12.6. The first kappa shape index (κ1) is 23.5. The van der Waals surface area contributed by atoms with Crippen LogP contribution >= 0.6 is 0 Å². The molecule has 1 aliphatic carbocycles. The summed E-state index contributed by atoms with van der Waals surface area (Å²) in [6.45, 7) is 8.20. The summed E-state index contributed by atoms with van der Waals surface area (Å²) in [5.74, 6) is -3.25. The van der Waals surface area contributed by atoms with Gasteiger partial charge in [-0.15, -0.1) is 0 Å². The van der Waals surface area contributed by atoms with Crippen molar-refractivity contribution in [2.75, 3.05) is 6.61 Å². The van der Waals surface area contributed by atoms with E-state index in [4.69, 9.17) is 14.2 Å². The van der Waals surface area contributed by atoms with Crippen molar-refractivity contribution in [3.63, 3.8) is 0 Å². The predicted molar refractivity (Wildman–Crippen MR) is 106 cm³/mol. The Balaban J connectivity index is 2.63. The molecule has 0 saturated carbocycles. The van der Waals surface area contributed by atoms with E-state index in [1.807, 2.05) is 6.92 Å². The summed E-state index contributed by atoms with van der Waals surface area (Å²) in [6.07, 6.45) is 1.70. The number of hydrogen-bond acceptors (Lipinski definition) is 8. The van der Waals surface area contributed by atoms with Gasteiger partial charge in [0.25, 0.3) is 0 Å². The Bertz CT molecular complexity index is 778. The molecule has 5 atom stereocenters. The minimum atomic E-state index is -1.23. The third-order valence-corrected chi connectivity index (χ3v) is 5.39. The number of aldehydes is 1. The molecule has 1 saturated heterocycles. The van der Waals surface area contributed by atoms with E-state index in [0.29, 0.717) is 31.1 Å². The number of hydrogen-bond donors (Lipinski definition) is 1. The highest BCUT2D eigenvalue weighted by Gasteiger charge is 2.49. The quantitative estimate of drug-likeness (QED) is 0.227. The zero-order chi connectivity index (χ0) is 22.4. The molecule has 1 N–H and O–H groups in total. The van der Waals surface area contributed by atoms with Crippen LogP contribution in [0.3, 0.4) is 0 Å². The van der Waals surface area contributed by atoms with Crippen LogP contribution in [0.25, 0.3) is 0 Å². The molecule has 0 aromatic rings. The van der Waals surface area contributed by atoms with Crippen LogP contribution in [0.2, 0.25) is 0 Å². The highest BCUT2D eigenvalue weighted by Crippen LogP contribution is 2.37. The molecule has 2 rings (SSSR count). The molecular weight excluding hydrogens is 392 g/mol. The second kappa shape index (κ2) is 10.3. The van der Waals surface area contributed by atoms with Crippen LogP contribution in [0.5, 0.6) is 0 Å². The van der Waals surface area contributed by atoms with Gasteiger partial charge in [-0.2, -0.15) is 0 Å². The monoisotopic (exact) mass is 420 g/mol. The average Bonchev–Trinajstić information content (AvgIpc) is 2.99. The zero-order valence-corrected chi connectivity index (χ0v) is 17.5. The van der Waals surface area contributed by atoms with Crippen LogP contribution in [-0.4, -0.2) is 54.2 Å². The lowest BCUT2D eigenvalue weighted by atomic mass is 9.83. The molecular formula is C22H28O8. The van der Waals surface area contributed by atoms with Crippen LogP contribution in [0.4, 0.5) is 0 Å². The van der Waals surface area contributed by atoms with Crippen LogP contribution in [0, 0.1) is 11.8 Å². The highest BCUT2D eigenvalue weighted by atomic mass is 16.6. The normalized spacial score (nSPS) is 31.2. The molecule has 0 amide bonds. The van der Waals surface area contributed by atoms with Gasteiger partial charge in [-0.3, -0.25) is 14.4 Å². The van der Waals surface area contributed by atoms with E-state index in [1.165, 1.54) is 6.92 Å². The van der Waals surface area contributed by atoms with Gasteiger partial charge in [-0.05, 0) is 30.9 Å². The second-order valence-electron chi connectivity index (χ2n) is 7.51. The fourth-order valence-electron chi connectivity index (χ4n) is 3.48. The van der Waals surface area contributed by atoms with Crippen LogP contribution in [0.1, 0.15) is 40.0 Å². The molecule has 0 spiro atoms. The topological polar surface area (TPSA) is 116 Å². The van der Waals surface area contributed by atoms with Crippen molar-refractivity contribution in [2.24, 2.45) is 11.8 Å². The largest absolute Gasteiger partial charge is 0.457 e. The summed E-state index contributed by atoms with van der Waals surface area (Å²) in [6, 6.07) is 0. The molecule has 8 nitrogen and oxygen atoms in total. The lowest BCUT2D eigenvalue weighted by Gasteiger charge is -2.33. The molecule has 30 heavy (non-hydrogen) atoms. The minimum absolute atomic E-state index is 0.0402. The fraction of sp³-hybridized carbons (Fsp3) is 0.545. The van der Waals surface area contributed by atoms with Crippen molar-refractivity contribution in [3.8, 4) is 0 Å². The lowest BCUT2D eigenvalue weighted by molar-refractivity contribution is -0.171. The summed E-state index contributed by atoms with van der Waals surface area (Å²) in [4.78, 5) is 48.6. The third kappa shape index (κ3) is 5.24. The van der Waals surface area contributed by atoms with Crippen LogP contribution in [0.15, 0.2) is 35.5 Å². The van der Waals surface area contributed by atoms with E-state index >= 15 is 0 Å². The fourth-order valence-corrected chi connectivity index (χ4v) is 3.48.